The Labute approximate surface area is 129 Å². The Kier molecular flexibility index (Phi) is 3.97. The molecule has 1 heterocycles. The second kappa shape index (κ2) is 5.91. The van der Waals surface area contributed by atoms with Crippen molar-refractivity contribution in [3.05, 3.63) is 28.2 Å². The summed E-state index contributed by atoms with van der Waals surface area (Å²) < 4.78 is 1.21. The van der Waals surface area contributed by atoms with E-state index < -0.39 is 5.54 Å². The molecule has 2 aliphatic carbocycles. The molecule has 0 radical (unpaired) electrons. The highest BCUT2D eigenvalue weighted by atomic mass is 16.2. The van der Waals surface area contributed by atoms with Crippen molar-refractivity contribution >= 4 is 5.91 Å². The molecule has 2 aliphatic rings. The van der Waals surface area contributed by atoms with E-state index in [1.54, 1.807) is 6.07 Å². The van der Waals surface area contributed by atoms with Crippen molar-refractivity contribution in [3.8, 4) is 6.07 Å². The average molecular weight is 300 g/mol. The lowest BCUT2D eigenvalue weighted by atomic mass is 9.83. The Morgan fingerprint density at radius 3 is 2.73 bits per heavy atom. The number of aromatic nitrogens is 2. The molecule has 0 aliphatic heterocycles. The first-order valence-electron chi connectivity index (χ1n) is 7.92. The summed E-state index contributed by atoms with van der Waals surface area (Å²) in [7, 11) is 0. The highest BCUT2D eigenvalue weighted by molar-refractivity contribution is 5.77. The number of nitriles is 1. The molecule has 0 bridgehead atoms. The summed E-state index contributed by atoms with van der Waals surface area (Å²) in [5.74, 6) is 0.115. The number of amides is 1. The zero-order valence-corrected chi connectivity index (χ0v) is 12.5. The van der Waals surface area contributed by atoms with E-state index in [1.807, 2.05) is 0 Å². The number of nitrogens with one attached hydrogen (secondary N) is 1. The van der Waals surface area contributed by atoms with Gasteiger partial charge in [0.2, 0.25) is 5.91 Å². The zero-order chi connectivity index (χ0) is 15.6. The normalized spacial score (nSPS) is 20.1. The fourth-order valence-corrected chi connectivity index (χ4v) is 3.04. The number of hydrogen-bond donors (Lipinski definition) is 1. The highest BCUT2D eigenvalue weighted by Gasteiger charge is 2.33. The van der Waals surface area contributed by atoms with Crippen molar-refractivity contribution < 1.29 is 4.79 Å². The third kappa shape index (κ3) is 3.19. The maximum atomic E-state index is 12.2. The first-order chi connectivity index (χ1) is 10.6. The van der Waals surface area contributed by atoms with Crippen LogP contribution in [-0.4, -0.2) is 21.2 Å². The maximum Gasteiger partial charge on any atom is 0.267 e. The summed E-state index contributed by atoms with van der Waals surface area (Å²) >= 11 is 0. The van der Waals surface area contributed by atoms with Crippen LogP contribution in [0.5, 0.6) is 0 Å². The molecular formula is C16H20N4O2. The number of carbonyl (C=O) groups is 1. The van der Waals surface area contributed by atoms with E-state index in [9.17, 15) is 14.9 Å². The number of carbonyl (C=O) groups excluding carboxylic acids is 1. The van der Waals surface area contributed by atoms with E-state index in [-0.39, 0.29) is 18.0 Å². The molecule has 6 nitrogen and oxygen atoms in total. The van der Waals surface area contributed by atoms with Crippen molar-refractivity contribution in [1.82, 2.24) is 15.1 Å². The van der Waals surface area contributed by atoms with E-state index in [4.69, 9.17) is 0 Å². The van der Waals surface area contributed by atoms with Gasteiger partial charge in [-0.2, -0.15) is 10.4 Å². The first-order valence-corrected chi connectivity index (χ1v) is 7.92. The molecule has 116 valence electrons. The SMILES string of the molecule is N#CC1(NC(=O)Cn2nc(C3CC3)ccc2=O)CCCCC1. The molecule has 6 heteroatoms. The molecule has 2 saturated carbocycles. The van der Waals surface area contributed by atoms with E-state index in [1.165, 1.54) is 10.7 Å². The first kappa shape index (κ1) is 14.8. The molecule has 2 fully saturated rings. The van der Waals surface area contributed by atoms with Gasteiger partial charge in [0.15, 0.2) is 0 Å². The molecule has 0 spiro atoms. The maximum absolute atomic E-state index is 12.2. The second-order valence-corrected chi connectivity index (χ2v) is 6.33. The van der Waals surface area contributed by atoms with Gasteiger partial charge in [0, 0.05) is 12.0 Å². The quantitative estimate of drug-likeness (QED) is 0.912. The van der Waals surface area contributed by atoms with Gasteiger partial charge in [-0.05, 0) is 31.7 Å². The predicted molar refractivity (Wildman–Crippen MR) is 80.0 cm³/mol. The van der Waals surface area contributed by atoms with Crippen molar-refractivity contribution in [2.75, 3.05) is 0 Å². The van der Waals surface area contributed by atoms with Crippen molar-refractivity contribution in [1.29, 1.82) is 5.26 Å². The van der Waals surface area contributed by atoms with Gasteiger partial charge in [-0.15, -0.1) is 0 Å². The van der Waals surface area contributed by atoms with Gasteiger partial charge in [0.1, 0.15) is 12.1 Å². The lowest BCUT2D eigenvalue weighted by Gasteiger charge is -2.31. The van der Waals surface area contributed by atoms with Gasteiger partial charge < -0.3 is 5.32 Å². The van der Waals surface area contributed by atoms with Crippen LogP contribution in [0.1, 0.15) is 56.6 Å². The fourth-order valence-electron chi connectivity index (χ4n) is 3.04. The largest absolute Gasteiger partial charge is 0.336 e. The van der Waals surface area contributed by atoms with E-state index in [0.717, 1.165) is 37.8 Å². The molecule has 1 amide bonds. The van der Waals surface area contributed by atoms with Crippen LogP contribution in [-0.2, 0) is 11.3 Å². The van der Waals surface area contributed by atoms with Gasteiger partial charge in [-0.1, -0.05) is 19.3 Å². The van der Waals surface area contributed by atoms with Gasteiger partial charge >= 0.3 is 0 Å². The molecule has 0 unspecified atom stereocenters. The van der Waals surface area contributed by atoms with Crippen LogP contribution in [0.2, 0.25) is 0 Å². The van der Waals surface area contributed by atoms with Gasteiger partial charge in [0.25, 0.3) is 5.56 Å². The lowest BCUT2D eigenvalue weighted by Crippen LogP contribution is -2.50. The minimum absolute atomic E-state index is 0.122. The number of nitrogens with zero attached hydrogens (tertiary/aromatic N) is 3. The minimum atomic E-state index is -0.771. The Hall–Kier alpha value is -2.16. The molecule has 1 aromatic rings. The van der Waals surface area contributed by atoms with Crippen LogP contribution in [0.4, 0.5) is 0 Å². The minimum Gasteiger partial charge on any atom is -0.336 e. The monoisotopic (exact) mass is 300 g/mol. The van der Waals surface area contributed by atoms with E-state index >= 15 is 0 Å². The van der Waals surface area contributed by atoms with Crippen LogP contribution >= 0.6 is 0 Å². The summed E-state index contributed by atoms with van der Waals surface area (Å²) in [6.07, 6.45) is 6.54. The van der Waals surface area contributed by atoms with Crippen LogP contribution in [0.25, 0.3) is 0 Å². The van der Waals surface area contributed by atoms with Crippen molar-refractivity contribution in [3.63, 3.8) is 0 Å². The molecule has 0 atom stereocenters. The summed E-state index contributed by atoms with van der Waals surface area (Å²) in [4.78, 5) is 24.1. The Morgan fingerprint density at radius 2 is 2.09 bits per heavy atom. The fraction of sp³-hybridized carbons (Fsp3) is 0.625. The number of rotatable bonds is 4. The van der Waals surface area contributed by atoms with E-state index in [2.05, 4.69) is 16.5 Å². The third-order valence-electron chi connectivity index (χ3n) is 4.48. The van der Waals surface area contributed by atoms with Crippen LogP contribution in [0, 0.1) is 11.3 Å². The van der Waals surface area contributed by atoms with Crippen LogP contribution in [0.15, 0.2) is 16.9 Å². The molecule has 0 aromatic carbocycles. The lowest BCUT2D eigenvalue weighted by molar-refractivity contribution is -0.123. The third-order valence-corrected chi connectivity index (χ3v) is 4.48. The van der Waals surface area contributed by atoms with Crippen LogP contribution in [0.3, 0.4) is 0 Å². The van der Waals surface area contributed by atoms with Gasteiger partial charge in [0.05, 0.1) is 11.8 Å². The Bertz CT molecular complexity index is 663. The molecule has 1 aromatic heterocycles. The average Bonchev–Trinajstić information content (AvgIpc) is 3.35. The summed E-state index contributed by atoms with van der Waals surface area (Å²) in [5, 5.41) is 16.5. The van der Waals surface area contributed by atoms with Gasteiger partial charge in [-0.3, -0.25) is 9.59 Å². The molecule has 3 rings (SSSR count). The summed E-state index contributed by atoms with van der Waals surface area (Å²) in [6.45, 7) is -0.122. The predicted octanol–water partition coefficient (Wildman–Crippen LogP) is 1.46. The van der Waals surface area contributed by atoms with Gasteiger partial charge in [-0.25, -0.2) is 4.68 Å². The smallest absolute Gasteiger partial charge is 0.267 e. The highest BCUT2D eigenvalue weighted by Crippen LogP contribution is 2.38. The molecule has 1 N–H and O–H groups in total. The van der Waals surface area contributed by atoms with Crippen molar-refractivity contribution in [2.24, 2.45) is 0 Å². The number of hydrogen-bond acceptors (Lipinski definition) is 4. The summed E-state index contributed by atoms with van der Waals surface area (Å²) in [5.41, 5.74) is -0.179. The topological polar surface area (TPSA) is 87.8 Å². The zero-order valence-electron chi connectivity index (χ0n) is 12.5. The standard InChI is InChI=1S/C16H20N4O2/c17-11-16(8-2-1-3-9-16)18-14(21)10-20-15(22)7-6-13(19-20)12-4-5-12/h6-7,12H,1-5,8-10H2,(H,18,21). The molecule has 22 heavy (non-hydrogen) atoms. The van der Waals surface area contributed by atoms with Crippen molar-refractivity contribution in [2.45, 2.75) is 62.9 Å². The van der Waals surface area contributed by atoms with Crippen LogP contribution < -0.4 is 10.9 Å². The second-order valence-electron chi connectivity index (χ2n) is 6.33. The Morgan fingerprint density at radius 1 is 1.36 bits per heavy atom. The summed E-state index contributed by atoms with van der Waals surface area (Å²) in [6, 6.07) is 5.46. The van der Waals surface area contributed by atoms with E-state index in [0.29, 0.717) is 18.8 Å². The Balaban J connectivity index is 1.70. The molecular weight excluding hydrogens is 280 g/mol. The molecule has 0 saturated heterocycles.